The lowest BCUT2D eigenvalue weighted by atomic mass is 9.99. The molecule has 1 N–H and O–H groups in total. The number of amides is 1. The number of nitrogens with one attached hydrogen (secondary N) is 1. The number of carbonyl (C=O) groups is 1. The van der Waals surface area contributed by atoms with Crippen LogP contribution in [0, 0.1) is 11.3 Å². The Morgan fingerprint density at radius 3 is 2.29 bits per heavy atom. The number of hydrogen-bond acceptors (Lipinski definition) is 3. The van der Waals surface area contributed by atoms with E-state index in [0.717, 1.165) is 0 Å². The second-order valence-electron chi connectivity index (χ2n) is 3.98. The molecule has 0 saturated carbocycles. The maximum absolute atomic E-state index is 11.7. The molecule has 0 aromatic carbocycles. The Balaban J connectivity index is 4.58. The number of hydrogen-bond donors (Lipinski definition) is 1. The third kappa shape index (κ3) is 3.00. The van der Waals surface area contributed by atoms with Gasteiger partial charge in [0.2, 0.25) is 0 Å². The molecule has 0 aliphatic carbocycles. The molecule has 0 aliphatic rings. The van der Waals surface area contributed by atoms with Crippen LogP contribution in [-0.4, -0.2) is 24.2 Å². The quantitative estimate of drug-likeness (QED) is 0.738. The summed E-state index contributed by atoms with van der Waals surface area (Å²) in [7, 11) is 1.49. The van der Waals surface area contributed by atoms with Crippen molar-refractivity contribution in [1.29, 1.82) is 5.26 Å². The topological polar surface area (TPSA) is 62.1 Å². The molecule has 0 fully saturated rings. The van der Waals surface area contributed by atoms with Crippen LogP contribution in [0.15, 0.2) is 0 Å². The van der Waals surface area contributed by atoms with Crippen LogP contribution in [0.3, 0.4) is 0 Å². The Morgan fingerprint density at radius 2 is 2.00 bits per heavy atom. The molecule has 0 rings (SSSR count). The third-order valence-electron chi connectivity index (χ3n) is 2.31. The van der Waals surface area contributed by atoms with Gasteiger partial charge >= 0.3 is 0 Å². The van der Waals surface area contributed by atoms with E-state index in [-0.39, 0.29) is 5.91 Å². The van der Waals surface area contributed by atoms with Gasteiger partial charge in [-0.15, -0.1) is 0 Å². The molecule has 80 valence electrons. The highest BCUT2D eigenvalue weighted by molar-refractivity contribution is 5.85. The van der Waals surface area contributed by atoms with E-state index < -0.39 is 11.1 Å². The Bertz CT molecular complexity index is 249. The lowest BCUT2D eigenvalue weighted by molar-refractivity contribution is -0.143. The van der Waals surface area contributed by atoms with Gasteiger partial charge in [0, 0.05) is 7.11 Å². The van der Waals surface area contributed by atoms with Gasteiger partial charge in [0.1, 0.15) is 11.1 Å². The summed E-state index contributed by atoms with van der Waals surface area (Å²) in [5, 5.41) is 11.4. The lowest BCUT2D eigenvalue weighted by Crippen LogP contribution is -2.52. The molecule has 4 heteroatoms. The minimum absolute atomic E-state index is 0.256. The van der Waals surface area contributed by atoms with Crippen LogP contribution >= 0.6 is 0 Å². The van der Waals surface area contributed by atoms with Gasteiger partial charge in [-0.2, -0.15) is 5.26 Å². The van der Waals surface area contributed by atoms with Gasteiger partial charge in [-0.1, -0.05) is 6.92 Å². The Labute approximate surface area is 85.2 Å². The van der Waals surface area contributed by atoms with Crippen molar-refractivity contribution in [3.63, 3.8) is 0 Å². The fraction of sp³-hybridized carbons (Fsp3) is 0.800. The smallest absolute Gasteiger partial charge is 0.253 e. The number of methoxy groups -OCH3 is 1. The molecule has 1 unspecified atom stereocenters. The van der Waals surface area contributed by atoms with E-state index in [1.165, 1.54) is 7.11 Å². The molecule has 0 aromatic heterocycles. The zero-order valence-electron chi connectivity index (χ0n) is 9.47. The van der Waals surface area contributed by atoms with Crippen molar-refractivity contribution in [2.45, 2.75) is 45.3 Å². The summed E-state index contributed by atoms with van der Waals surface area (Å²) in [5.74, 6) is -0.256. The minimum Gasteiger partial charge on any atom is -0.369 e. The summed E-state index contributed by atoms with van der Waals surface area (Å²) in [5.41, 5.74) is -1.71. The maximum Gasteiger partial charge on any atom is 0.253 e. The minimum atomic E-state index is -0.855. The standard InChI is InChI=1S/C10H18N2O2/c1-6-10(4,14-5)8(13)12-9(2,3)7-11/h6H2,1-5H3,(H,12,13). The molecule has 0 radical (unpaired) electrons. The van der Waals surface area contributed by atoms with Crippen LogP contribution in [0.4, 0.5) is 0 Å². The first kappa shape index (κ1) is 12.9. The zero-order chi connectivity index (χ0) is 11.4. The first-order chi connectivity index (χ1) is 6.31. The van der Waals surface area contributed by atoms with Gasteiger partial charge in [-0.25, -0.2) is 0 Å². The van der Waals surface area contributed by atoms with E-state index in [1.807, 2.05) is 13.0 Å². The largest absolute Gasteiger partial charge is 0.369 e. The number of nitriles is 1. The lowest BCUT2D eigenvalue weighted by Gasteiger charge is -2.29. The molecule has 4 nitrogen and oxygen atoms in total. The van der Waals surface area contributed by atoms with Crippen LogP contribution in [0.5, 0.6) is 0 Å². The molecule has 0 aromatic rings. The number of carbonyl (C=O) groups excluding carboxylic acids is 1. The van der Waals surface area contributed by atoms with Crippen molar-refractivity contribution in [1.82, 2.24) is 5.32 Å². The average Bonchev–Trinajstić information content (AvgIpc) is 2.16. The summed E-state index contributed by atoms with van der Waals surface area (Å²) in [4.78, 5) is 11.7. The Kier molecular flexibility index (Phi) is 4.08. The van der Waals surface area contributed by atoms with E-state index in [1.54, 1.807) is 20.8 Å². The monoisotopic (exact) mass is 198 g/mol. The van der Waals surface area contributed by atoms with Crippen LogP contribution < -0.4 is 5.32 Å². The fourth-order valence-electron chi connectivity index (χ4n) is 0.842. The molecule has 14 heavy (non-hydrogen) atoms. The second kappa shape index (κ2) is 4.43. The van der Waals surface area contributed by atoms with Crippen molar-refractivity contribution in [3.8, 4) is 6.07 Å². The van der Waals surface area contributed by atoms with Gasteiger partial charge < -0.3 is 10.1 Å². The van der Waals surface area contributed by atoms with E-state index >= 15 is 0 Å². The van der Waals surface area contributed by atoms with Crippen LogP contribution in [0.25, 0.3) is 0 Å². The van der Waals surface area contributed by atoms with Crippen molar-refractivity contribution < 1.29 is 9.53 Å². The summed E-state index contributed by atoms with van der Waals surface area (Å²) < 4.78 is 5.12. The normalized spacial score (nSPS) is 15.4. The Morgan fingerprint density at radius 1 is 1.50 bits per heavy atom. The van der Waals surface area contributed by atoms with Gasteiger partial charge in [-0.05, 0) is 27.2 Å². The third-order valence-corrected chi connectivity index (χ3v) is 2.31. The van der Waals surface area contributed by atoms with Gasteiger partial charge in [0.25, 0.3) is 5.91 Å². The first-order valence-electron chi connectivity index (χ1n) is 4.60. The molecule has 0 bridgehead atoms. The van der Waals surface area contributed by atoms with Crippen molar-refractivity contribution >= 4 is 5.91 Å². The fourth-order valence-corrected chi connectivity index (χ4v) is 0.842. The van der Waals surface area contributed by atoms with Gasteiger partial charge in [-0.3, -0.25) is 4.79 Å². The van der Waals surface area contributed by atoms with Gasteiger partial charge in [0.05, 0.1) is 6.07 Å². The molecule has 0 aliphatic heterocycles. The van der Waals surface area contributed by atoms with Crippen LogP contribution in [0.1, 0.15) is 34.1 Å². The first-order valence-corrected chi connectivity index (χ1v) is 4.60. The summed E-state index contributed by atoms with van der Waals surface area (Å²) in [6.07, 6.45) is 0.566. The number of ether oxygens (including phenoxy) is 1. The summed E-state index contributed by atoms with van der Waals surface area (Å²) in [6.45, 7) is 6.87. The van der Waals surface area contributed by atoms with Gasteiger partial charge in [0.15, 0.2) is 0 Å². The second-order valence-corrected chi connectivity index (χ2v) is 3.98. The van der Waals surface area contributed by atoms with Crippen LogP contribution in [-0.2, 0) is 9.53 Å². The molecular formula is C10H18N2O2. The molecule has 0 spiro atoms. The number of rotatable bonds is 4. The Hall–Kier alpha value is -1.08. The SMILES string of the molecule is CCC(C)(OC)C(=O)NC(C)(C)C#N. The molecule has 1 atom stereocenters. The summed E-state index contributed by atoms with van der Waals surface area (Å²) >= 11 is 0. The highest BCUT2D eigenvalue weighted by Gasteiger charge is 2.34. The van der Waals surface area contributed by atoms with E-state index in [2.05, 4.69) is 5.32 Å². The molecule has 0 heterocycles. The van der Waals surface area contributed by atoms with Crippen molar-refractivity contribution in [2.75, 3.05) is 7.11 Å². The molecular weight excluding hydrogens is 180 g/mol. The molecule has 0 saturated heterocycles. The highest BCUT2D eigenvalue weighted by atomic mass is 16.5. The average molecular weight is 198 g/mol. The number of nitrogens with zero attached hydrogens (tertiary/aromatic N) is 1. The summed E-state index contributed by atoms with van der Waals surface area (Å²) in [6, 6.07) is 2.00. The highest BCUT2D eigenvalue weighted by Crippen LogP contribution is 2.15. The zero-order valence-corrected chi connectivity index (χ0v) is 9.47. The van der Waals surface area contributed by atoms with Crippen LogP contribution in [0.2, 0.25) is 0 Å². The van der Waals surface area contributed by atoms with E-state index in [0.29, 0.717) is 6.42 Å². The van der Waals surface area contributed by atoms with Crippen molar-refractivity contribution in [3.05, 3.63) is 0 Å². The molecule has 1 amide bonds. The van der Waals surface area contributed by atoms with E-state index in [9.17, 15) is 4.79 Å². The van der Waals surface area contributed by atoms with E-state index in [4.69, 9.17) is 10.00 Å². The van der Waals surface area contributed by atoms with Crippen molar-refractivity contribution in [2.24, 2.45) is 0 Å². The predicted octanol–water partition coefficient (Wildman–Crippen LogP) is 1.22. The maximum atomic E-state index is 11.7. The predicted molar refractivity (Wildman–Crippen MR) is 53.5 cm³/mol.